The van der Waals surface area contributed by atoms with Gasteiger partial charge in [0.05, 0.1) is 6.61 Å². The summed E-state index contributed by atoms with van der Waals surface area (Å²) in [6.45, 7) is 0.735. The fourth-order valence-corrected chi connectivity index (χ4v) is 3.67. The fraction of sp³-hybridized carbons (Fsp3) is 0.333. The topological polar surface area (TPSA) is 9.23 Å². The van der Waals surface area contributed by atoms with Crippen molar-refractivity contribution in [1.82, 2.24) is 0 Å². The zero-order chi connectivity index (χ0) is 9.84. The first-order chi connectivity index (χ1) is 6.15. The van der Waals surface area contributed by atoms with Gasteiger partial charge in [0.2, 0.25) is 0 Å². The second-order valence-electron chi connectivity index (χ2n) is 2.59. The Labute approximate surface area is 103 Å². The predicted octanol–water partition coefficient (Wildman–Crippen LogP) is 4.16. The first kappa shape index (κ1) is 11.7. The van der Waals surface area contributed by atoms with Crippen LogP contribution in [0.1, 0.15) is 5.56 Å². The van der Waals surface area contributed by atoms with Gasteiger partial charge < -0.3 is 4.74 Å². The van der Waals surface area contributed by atoms with Crippen molar-refractivity contribution in [3.8, 4) is 0 Å². The van der Waals surface area contributed by atoms with Crippen LogP contribution in [0.2, 0.25) is 0 Å². The predicted molar refractivity (Wildman–Crippen MR) is 65.1 cm³/mol. The quantitative estimate of drug-likeness (QED) is 0.774. The van der Waals surface area contributed by atoms with Crippen LogP contribution in [-0.4, -0.2) is 13.7 Å². The highest BCUT2D eigenvalue weighted by Gasteiger charge is 2.05. The van der Waals surface area contributed by atoms with E-state index in [4.69, 9.17) is 4.74 Å². The summed E-state index contributed by atoms with van der Waals surface area (Å²) in [4.78, 5) is 0. The minimum atomic E-state index is 0.735. The van der Waals surface area contributed by atoms with Crippen LogP contribution in [0.25, 0.3) is 0 Å². The maximum absolute atomic E-state index is 5.03. The number of hydrogen-bond donors (Lipinski definition) is 0. The zero-order valence-corrected chi connectivity index (χ0v) is 11.9. The summed E-state index contributed by atoms with van der Waals surface area (Å²) in [5.74, 6) is 0. The maximum atomic E-state index is 5.03. The van der Waals surface area contributed by atoms with E-state index in [1.54, 1.807) is 7.11 Å². The minimum Gasteiger partial charge on any atom is -0.384 e. The molecule has 13 heavy (non-hydrogen) atoms. The normalized spacial score (nSPS) is 10.5. The Morgan fingerprint density at radius 3 is 2.15 bits per heavy atom. The van der Waals surface area contributed by atoms with Crippen molar-refractivity contribution in [2.75, 3.05) is 13.7 Å². The minimum absolute atomic E-state index is 0.735. The summed E-state index contributed by atoms with van der Waals surface area (Å²) >= 11 is 10.4. The number of halogens is 3. The lowest BCUT2D eigenvalue weighted by atomic mass is 10.2. The monoisotopic (exact) mass is 370 g/mol. The summed E-state index contributed by atoms with van der Waals surface area (Å²) in [6, 6.07) is 4.07. The third kappa shape index (κ3) is 3.35. The van der Waals surface area contributed by atoms with Gasteiger partial charge in [0, 0.05) is 20.5 Å². The molecule has 0 N–H and O–H groups in total. The molecule has 1 rings (SSSR count). The Bertz CT molecular complexity index is 276. The second-order valence-corrected chi connectivity index (χ2v) is 5.22. The molecule has 0 aliphatic heterocycles. The van der Waals surface area contributed by atoms with Crippen LogP contribution in [0.5, 0.6) is 0 Å². The molecule has 0 aliphatic carbocycles. The van der Waals surface area contributed by atoms with Gasteiger partial charge in [0.25, 0.3) is 0 Å². The first-order valence-electron chi connectivity index (χ1n) is 3.77. The van der Waals surface area contributed by atoms with Crippen molar-refractivity contribution in [2.24, 2.45) is 0 Å². The third-order valence-electron chi connectivity index (χ3n) is 1.66. The van der Waals surface area contributed by atoms with E-state index in [1.165, 1.54) is 5.56 Å². The molecule has 0 bridgehead atoms. The Morgan fingerprint density at radius 1 is 1.15 bits per heavy atom. The Kier molecular flexibility index (Phi) is 4.94. The standard InChI is InChI=1S/C9H9Br3O/c1-13-3-2-7-8(11)4-6(10)5-9(7)12/h4-5H,2-3H2,1H3. The largest absolute Gasteiger partial charge is 0.384 e. The van der Waals surface area contributed by atoms with Gasteiger partial charge in [-0.3, -0.25) is 0 Å². The van der Waals surface area contributed by atoms with Crippen LogP contribution in [-0.2, 0) is 11.2 Å². The number of benzene rings is 1. The maximum Gasteiger partial charge on any atom is 0.0503 e. The van der Waals surface area contributed by atoms with Crippen molar-refractivity contribution in [3.63, 3.8) is 0 Å². The van der Waals surface area contributed by atoms with Crippen LogP contribution in [0.15, 0.2) is 25.6 Å². The van der Waals surface area contributed by atoms with Crippen molar-refractivity contribution >= 4 is 47.8 Å². The lowest BCUT2D eigenvalue weighted by Gasteiger charge is -2.07. The fourth-order valence-electron chi connectivity index (χ4n) is 1.02. The van der Waals surface area contributed by atoms with Crippen molar-refractivity contribution in [3.05, 3.63) is 31.1 Å². The average Bonchev–Trinajstić information content (AvgIpc) is 2.02. The number of ether oxygens (including phenoxy) is 1. The highest BCUT2D eigenvalue weighted by molar-refractivity contribution is 9.11. The molecule has 1 nitrogen and oxygen atoms in total. The molecule has 0 aliphatic rings. The summed E-state index contributed by atoms with van der Waals surface area (Å²) < 4.78 is 8.30. The first-order valence-corrected chi connectivity index (χ1v) is 6.15. The molecule has 0 amide bonds. The molecule has 0 unspecified atom stereocenters. The SMILES string of the molecule is COCCc1c(Br)cc(Br)cc1Br. The van der Waals surface area contributed by atoms with Gasteiger partial charge in [-0.15, -0.1) is 0 Å². The molecule has 1 aromatic carbocycles. The molecule has 0 saturated carbocycles. The Hall–Kier alpha value is 0.620. The Balaban J connectivity index is 2.92. The summed E-state index contributed by atoms with van der Waals surface area (Å²) in [5, 5.41) is 0. The molecule has 0 radical (unpaired) electrons. The zero-order valence-electron chi connectivity index (χ0n) is 7.11. The number of methoxy groups -OCH3 is 1. The lowest BCUT2D eigenvalue weighted by Crippen LogP contribution is -1.96. The van der Waals surface area contributed by atoms with Crippen LogP contribution >= 0.6 is 47.8 Å². The van der Waals surface area contributed by atoms with Gasteiger partial charge in [0.1, 0.15) is 0 Å². The molecule has 0 saturated heterocycles. The number of hydrogen-bond acceptors (Lipinski definition) is 1. The molecule has 72 valence electrons. The molecule has 0 aromatic heterocycles. The molecule has 0 heterocycles. The van der Waals surface area contributed by atoms with Gasteiger partial charge in [0.15, 0.2) is 0 Å². The highest BCUT2D eigenvalue weighted by atomic mass is 79.9. The molecule has 0 spiro atoms. The van der Waals surface area contributed by atoms with E-state index < -0.39 is 0 Å². The van der Waals surface area contributed by atoms with Crippen LogP contribution in [0, 0.1) is 0 Å². The van der Waals surface area contributed by atoms with Gasteiger partial charge in [-0.2, -0.15) is 0 Å². The average molecular weight is 373 g/mol. The van der Waals surface area contributed by atoms with E-state index in [2.05, 4.69) is 47.8 Å². The van der Waals surface area contributed by atoms with Crippen molar-refractivity contribution < 1.29 is 4.74 Å². The van der Waals surface area contributed by atoms with E-state index in [1.807, 2.05) is 12.1 Å². The van der Waals surface area contributed by atoms with E-state index in [9.17, 15) is 0 Å². The Morgan fingerprint density at radius 2 is 1.69 bits per heavy atom. The third-order valence-corrected chi connectivity index (χ3v) is 3.53. The molecule has 0 fully saturated rings. The van der Waals surface area contributed by atoms with Crippen molar-refractivity contribution in [1.29, 1.82) is 0 Å². The number of rotatable bonds is 3. The molecule has 0 atom stereocenters. The van der Waals surface area contributed by atoms with Crippen LogP contribution in [0.4, 0.5) is 0 Å². The highest BCUT2D eigenvalue weighted by Crippen LogP contribution is 2.30. The van der Waals surface area contributed by atoms with E-state index in [-0.39, 0.29) is 0 Å². The molecule has 1 aromatic rings. The summed E-state index contributed by atoms with van der Waals surface area (Å²) in [5.41, 5.74) is 1.24. The summed E-state index contributed by atoms with van der Waals surface area (Å²) in [7, 11) is 1.71. The van der Waals surface area contributed by atoms with Crippen LogP contribution in [0.3, 0.4) is 0 Å². The van der Waals surface area contributed by atoms with Gasteiger partial charge in [-0.1, -0.05) is 47.8 Å². The van der Waals surface area contributed by atoms with E-state index in [0.717, 1.165) is 26.4 Å². The van der Waals surface area contributed by atoms with Gasteiger partial charge in [-0.05, 0) is 24.1 Å². The second kappa shape index (κ2) is 5.49. The van der Waals surface area contributed by atoms with E-state index in [0.29, 0.717) is 0 Å². The lowest BCUT2D eigenvalue weighted by molar-refractivity contribution is 0.202. The molecular formula is C9H9Br3O. The van der Waals surface area contributed by atoms with E-state index >= 15 is 0 Å². The smallest absolute Gasteiger partial charge is 0.0503 e. The van der Waals surface area contributed by atoms with Crippen LogP contribution < -0.4 is 0 Å². The van der Waals surface area contributed by atoms with Gasteiger partial charge in [-0.25, -0.2) is 0 Å². The molecule has 4 heteroatoms. The van der Waals surface area contributed by atoms with Gasteiger partial charge >= 0.3 is 0 Å². The molecular weight excluding hydrogens is 364 g/mol. The summed E-state index contributed by atoms with van der Waals surface area (Å²) in [6.07, 6.45) is 0.908. The van der Waals surface area contributed by atoms with Crippen molar-refractivity contribution in [2.45, 2.75) is 6.42 Å².